The van der Waals surface area contributed by atoms with Gasteiger partial charge in [0.2, 0.25) is 0 Å². The molecule has 0 spiro atoms. The average Bonchev–Trinajstić information content (AvgIpc) is 2.69. The van der Waals surface area contributed by atoms with Crippen molar-refractivity contribution in [1.82, 2.24) is 4.90 Å². The summed E-state index contributed by atoms with van der Waals surface area (Å²) in [7, 11) is 1.68. The minimum absolute atomic E-state index is 0.490. The minimum Gasteiger partial charge on any atom is -0.493 e. The van der Waals surface area contributed by atoms with Gasteiger partial charge in [0.1, 0.15) is 6.61 Å². The van der Waals surface area contributed by atoms with Gasteiger partial charge < -0.3 is 14.2 Å². The van der Waals surface area contributed by atoms with E-state index in [1.807, 2.05) is 30.3 Å². The van der Waals surface area contributed by atoms with Crippen LogP contribution in [0.4, 0.5) is 0 Å². The Morgan fingerprint density at radius 3 is 2.46 bits per heavy atom. The van der Waals surface area contributed by atoms with Crippen LogP contribution in [-0.2, 0) is 17.8 Å². The number of rotatable bonds is 8. The summed E-state index contributed by atoms with van der Waals surface area (Å²) in [4.78, 5) is 2.46. The lowest BCUT2D eigenvalue weighted by molar-refractivity contribution is 0.0374. The van der Waals surface area contributed by atoms with Gasteiger partial charge in [-0.1, -0.05) is 29.8 Å². The molecule has 0 bridgehead atoms. The number of halogens is 1. The molecule has 0 saturated carbocycles. The van der Waals surface area contributed by atoms with Crippen LogP contribution in [0.2, 0.25) is 5.02 Å². The highest BCUT2D eigenvalue weighted by Crippen LogP contribution is 2.29. The predicted molar refractivity (Wildman–Crippen MR) is 104 cm³/mol. The van der Waals surface area contributed by atoms with Crippen LogP contribution >= 0.6 is 11.6 Å². The highest BCUT2D eigenvalue weighted by molar-refractivity contribution is 6.30. The zero-order valence-electron chi connectivity index (χ0n) is 15.2. The summed E-state index contributed by atoms with van der Waals surface area (Å²) in [5, 5.41) is 0.729. The van der Waals surface area contributed by atoms with Crippen LogP contribution in [0.3, 0.4) is 0 Å². The molecule has 1 aliphatic rings. The molecule has 1 heterocycles. The van der Waals surface area contributed by atoms with Crippen molar-refractivity contribution in [2.75, 3.05) is 40.0 Å². The zero-order valence-corrected chi connectivity index (χ0v) is 16.0. The summed E-state index contributed by atoms with van der Waals surface area (Å²) in [6.45, 7) is 5.40. The second kappa shape index (κ2) is 9.81. The van der Waals surface area contributed by atoms with Crippen LogP contribution in [0.1, 0.15) is 17.5 Å². The summed E-state index contributed by atoms with van der Waals surface area (Å²) >= 11 is 5.92. The van der Waals surface area contributed by atoms with Crippen molar-refractivity contribution in [2.45, 2.75) is 19.4 Å². The lowest BCUT2D eigenvalue weighted by Crippen LogP contribution is -2.36. The molecule has 2 aromatic rings. The second-order valence-corrected chi connectivity index (χ2v) is 6.89. The third-order valence-corrected chi connectivity index (χ3v) is 4.83. The molecule has 0 amide bonds. The van der Waals surface area contributed by atoms with E-state index in [0.29, 0.717) is 6.61 Å². The number of benzene rings is 2. The number of hydrogen-bond donors (Lipinski definition) is 0. The number of aryl methyl sites for hydroxylation is 1. The van der Waals surface area contributed by atoms with Crippen LogP contribution in [0, 0.1) is 0 Å². The fraction of sp³-hybridized carbons (Fsp3) is 0.429. The molecule has 0 unspecified atom stereocenters. The van der Waals surface area contributed by atoms with Gasteiger partial charge in [-0.3, -0.25) is 4.90 Å². The van der Waals surface area contributed by atoms with Crippen molar-refractivity contribution >= 4 is 11.6 Å². The van der Waals surface area contributed by atoms with Crippen molar-refractivity contribution in [3.8, 4) is 11.5 Å². The Labute approximate surface area is 160 Å². The molecule has 5 heteroatoms. The number of morpholine rings is 1. The quantitative estimate of drug-likeness (QED) is 0.692. The standard InChI is InChI=1S/C21H26ClNO3/c1-24-21-15-17(3-2-10-23-11-13-25-14-12-23)6-9-20(21)26-16-18-4-7-19(22)8-5-18/h4-9,15H,2-3,10-14,16H2,1H3. The zero-order chi connectivity index (χ0) is 18.2. The molecule has 1 aliphatic heterocycles. The second-order valence-electron chi connectivity index (χ2n) is 6.46. The molecular weight excluding hydrogens is 350 g/mol. The highest BCUT2D eigenvalue weighted by Gasteiger charge is 2.10. The molecule has 3 rings (SSSR count). The third-order valence-electron chi connectivity index (χ3n) is 4.58. The van der Waals surface area contributed by atoms with E-state index in [4.69, 9.17) is 25.8 Å². The van der Waals surface area contributed by atoms with Crippen LogP contribution < -0.4 is 9.47 Å². The van der Waals surface area contributed by atoms with Crippen LogP contribution in [-0.4, -0.2) is 44.9 Å². The average molecular weight is 376 g/mol. The van der Waals surface area contributed by atoms with Gasteiger partial charge in [-0.2, -0.15) is 0 Å². The Balaban J connectivity index is 1.52. The maximum absolute atomic E-state index is 5.92. The predicted octanol–water partition coefficient (Wildman–Crippen LogP) is 4.19. The molecule has 1 fully saturated rings. The van der Waals surface area contributed by atoms with Gasteiger partial charge in [0.25, 0.3) is 0 Å². The van der Waals surface area contributed by atoms with E-state index in [1.165, 1.54) is 5.56 Å². The van der Waals surface area contributed by atoms with Crippen molar-refractivity contribution < 1.29 is 14.2 Å². The summed E-state index contributed by atoms with van der Waals surface area (Å²) in [5.41, 5.74) is 2.35. The van der Waals surface area contributed by atoms with Crippen LogP contribution in [0.15, 0.2) is 42.5 Å². The first kappa shape index (κ1) is 19.0. The summed E-state index contributed by atoms with van der Waals surface area (Å²) in [6.07, 6.45) is 2.17. The lowest BCUT2D eigenvalue weighted by atomic mass is 10.1. The molecule has 0 radical (unpaired) electrons. The number of nitrogens with zero attached hydrogens (tertiary/aromatic N) is 1. The van der Waals surface area contributed by atoms with Gasteiger partial charge in [0, 0.05) is 18.1 Å². The Morgan fingerprint density at radius 2 is 1.73 bits per heavy atom. The van der Waals surface area contributed by atoms with Crippen molar-refractivity contribution in [2.24, 2.45) is 0 Å². The fourth-order valence-electron chi connectivity index (χ4n) is 3.06. The maximum atomic E-state index is 5.92. The number of ether oxygens (including phenoxy) is 3. The first-order valence-electron chi connectivity index (χ1n) is 9.09. The van der Waals surface area contributed by atoms with Crippen LogP contribution in [0.5, 0.6) is 11.5 Å². The van der Waals surface area contributed by atoms with Gasteiger partial charge >= 0.3 is 0 Å². The lowest BCUT2D eigenvalue weighted by Gasteiger charge is -2.26. The molecule has 0 aromatic heterocycles. The van der Waals surface area contributed by atoms with Gasteiger partial charge in [-0.25, -0.2) is 0 Å². The summed E-state index contributed by atoms with van der Waals surface area (Å²) < 4.78 is 16.8. The fourth-order valence-corrected chi connectivity index (χ4v) is 3.19. The normalized spacial score (nSPS) is 15.0. The molecule has 140 valence electrons. The number of hydrogen-bond acceptors (Lipinski definition) is 4. The topological polar surface area (TPSA) is 30.9 Å². The Bertz CT molecular complexity index is 684. The van der Waals surface area contributed by atoms with Crippen molar-refractivity contribution in [1.29, 1.82) is 0 Å². The molecule has 4 nitrogen and oxygen atoms in total. The SMILES string of the molecule is COc1cc(CCCN2CCOCC2)ccc1OCc1ccc(Cl)cc1. The van der Waals surface area contributed by atoms with E-state index in [-0.39, 0.29) is 0 Å². The van der Waals surface area contributed by atoms with E-state index in [2.05, 4.69) is 17.0 Å². The van der Waals surface area contributed by atoms with E-state index in [1.54, 1.807) is 7.11 Å². The molecular formula is C21H26ClNO3. The molecule has 0 aliphatic carbocycles. The van der Waals surface area contributed by atoms with Gasteiger partial charge in [0.15, 0.2) is 11.5 Å². The molecule has 1 saturated heterocycles. The first-order chi connectivity index (χ1) is 12.7. The summed E-state index contributed by atoms with van der Waals surface area (Å²) in [5.74, 6) is 1.54. The first-order valence-corrected chi connectivity index (χ1v) is 9.46. The summed E-state index contributed by atoms with van der Waals surface area (Å²) in [6, 6.07) is 13.9. The van der Waals surface area contributed by atoms with E-state index >= 15 is 0 Å². The largest absolute Gasteiger partial charge is 0.493 e. The van der Waals surface area contributed by atoms with Crippen LogP contribution in [0.25, 0.3) is 0 Å². The smallest absolute Gasteiger partial charge is 0.161 e. The monoisotopic (exact) mass is 375 g/mol. The maximum Gasteiger partial charge on any atom is 0.161 e. The molecule has 26 heavy (non-hydrogen) atoms. The van der Waals surface area contributed by atoms with Gasteiger partial charge in [-0.15, -0.1) is 0 Å². The van der Waals surface area contributed by atoms with Gasteiger partial charge in [-0.05, 0) is 54.8 Å². The molecule has 2 aromatic carbocycles. The Morgan fingerprint density at radius 1 is 1.00 bits per heavy atom. The van der Waals surface area contributed by atoms with Gasteiger partial charge in [0.05, 0.1) is 20.3 Å². The highest BCUT2D eigenvalue weighted by atomic mass is 35.5. The minimum atomic E-state index is 0.490. The van der Waals surface area contributed by atoms with Crippen molar-refractivity contribution in [3.05, 3.63) is 58.6 Å². The van der Waals surface area contributed by atoms with E-state index < -0.39 is 0 Å². The number of methoxy groups -OCH3 is 1. The molecule has 0 N–H and O–H groups in total. The Hall–Kier alpha value is -1.75. The molecule has 0 atom stereocenters. The van der Waals surface area contributed by atoms with E-state index in [0.717, 1.165) is 67.8 Å². The third kappa shape index (κ3) is 5.63. The Kier molecular flexibility index (Phi) is 7.18. The van der Waals surface area contributed by atoms with Crippen molar-refractivity contribution in [3.63, 3.8) is 0 Å². The van der Waals surface area contributed by atoms with E-state index in [9.17, 15) is 0 Å².